The molecule has 0 radical (unpaired) electrons. The van der Waals surface area contributed by atoms with E-state index in [1.165, 1.54) is 11.4 Å². The number of carbonyl (C=O) groups excluding carboxylic acids is 1. The van der Waals surface area contributed by atoms with Crippen molar-refractivity contribution in [2.24, 2.45) is 0 Å². The maximum atomic E-state index is 13.7. The van der Waals surface area contributed by atoms with Crippen LogP contribution in [0.4, 0.5) is 0 Å². The summed E-state index contributed by atoms with van der Waals surface area (Å²) in [6.45, 7) is 12.7. The maximum absolute atomic E-state index is 13.7. The Kier molecular flexibility index (Phi) is 6.74. The van der Waals surface area contributed by atoms with Crippen molar-refractivity contribution in [1.82, 2.24) is 4.31 Å². The molecule has 1 atom stereocenters. The SMILES string of the molecule is COC(=O)C1CCCN1S(=O)(=O)c1c(C(C)C)cc(C(C)C)cc1C(C)C. The van der Waals surface area contributed by atoms with E-state index in [9.17, 15) is 13.2 Å². The number of esters is 1. The number of sulfonamides is 1. The Morgan fingerprint density at radius 3 is 1.96 bits per heavy atom. The number of hydrogen-bond donors (Lipinski definition) is 0. The fourth-order valence-electron chi connectivity index (χ4n) is 3.70. The lowest BCUT2D eigenvalue weighted by molar-refractivity contribution is -0.144. The molecular formula is C21H33NO4S. The Bertz CT molecular complexity index is 767. The summed E-state index contributed by atoms with van der Waals surface area (Å²) in [4.78, 5) is 12.5. The first kappa shape index (κ1) is 21.9. The van der Waals surface area contributed by atoms with Gasteiger partial charge in [-0.05, 0) is 47.3 Å². The number of benzene rings is 1. The summed E-state index contributed by atoms with van der Waals surface area (Å²) in [6.07, 6.45) is 1.17. The predicted molar refractivity (Wildman–Crippen MR) is 108 cm³/mol. The summed E-state index contributed by atoms with van der Waals surface area (Å²) in [6, 6.07) is 3.32. The largest absolute Gasteiger partial charge is 0.468 e. The van der Waals surface area contributed by atoms with Gasteiger partial charge in [0.1, 0.15) is 6.04 Å². The molecule has 0 N–H and O–H groups in total. The molecule has 1 aliphatic rings. The summed E-state index contributed by atoms with van der Waals surface area (Å²) in [5.41, 5.74) is 2.81. The van der Waals surface area contributed by atoms with Crippen LogP contribution in [0, 0.1) is 0 Å². The molecule has 1 unspecified atom stereocenters. The van der Waals surface area contributed by atoms with E-state index in [0.29, 0.717) is 30.2 Å². The topological polar surface area (TPSA) is 63.7 Å². The van der Waals surface area contributed by atoms with Crippen LogP contribution in [0.2, 0.25) is 0 Å². The molecule has 0 aliphatic carbocycles. The van der Waals surface area contributed by atoms with Gasteiger partial charge in [-0.25, -0.2) is 8.42 Å². The predicted octanol–water partition coefficient (Wildman–Crippen LogP) is 4.38. The third kappa shape index (κ3) is 4.21. The third-order valence-corrected chi connectivity index (χ3v) is 7.36. The molecule has 1 aliphatic heterocycles. The molecule has 0 amide bonds. The smallest absolute Gasteiger partial charge is 0.324 e. The molecule has 0 spiro atoms. The number of carbonyl (C=O) groups is 1. The van der Waals surface area contributed by atoms with Gasteiger partial charge in [0.25, 0.3) is 0 Å². The van der Waals surface area contributed by atoms with E-state index in [1.807, 2.05) is 39.8 Å². The van der Waals surface area contributed by atoms with E-state index in [0.717, 1.165) is 16.7 Å². The molecule has 5 nitrogen and oxygen atoms in total. The van der Waals surface area contributed by atoms with Crippen LogP contribution in [-0.4, -0.2) is 38.4 Å². The van der Waals surface area contributed by atoms with Gasteiger partial charge in [0.15, 0.2) is 0 Å². The molecule has 0 bridgehead atoms. The highest BCUT2D eigenvalue weighted by molar-refractivity contribution is 7.89. The highest BCUT2D eigenvalue weighted by atomic mass is 32.2. The second-order valence-corrected chi connectivity index (χ2v) is 10.1. The number of nitrogens with zero attached hydrogens (tertiary/aromatic N) is 1. The van der Waals surface area contributed by atoms with Gasteiger partial charge in [0.2, 0.25) is 10.0 Å². The number of ether oxygens (including phenoxy) is 1. The van der Waals surface area contributed by atoms with Gasteiger partial charge in [-0.2, -0.15) is 4.31 Å². The van der Waals surface area contributed by atoms with Crippen LogP contribution >= 0.6 is 0 Å². The normalized spacial score (nSPS) is 18.7. The molecule has 0 aromatic heterocycles. The molecule has 0 saturated carbocycles. The summed E-state index contributed by atoms with van der Waals surface area (Å²) < 4.78 is 33.6. The average Bonchev–Trinajstić information content (AvgIpc) is 3.10. The van der Waals surface area contributed by atoms with Crippen LogP contribution in [0.5, 0.6) is 0 Å². The van der Waals surface area contributed by atoms with Crippen LogP contribution in [0.25, 0.3) is 0 Å². The quantitative estimate of drug-likeness (QED) is 0.671. The molecule has 1 fully saturated rings. The highest BCUT2D eigenvalue weighted by Gasteiger charge is 2.42. The standard InChI is InChI=1S/C21H33NO4S/c1-13(2)16-11-17(14(3)4)20(18(12-16)15(5)6)27(24,25)22-10-8-9-19(22)21(23)26-7/h11-15,19H,8-10H2,1-7H3. The van der Waals surface area contributed by atoms with Gasteiger partial charge in [0, 0.05) is 6.54 Å². The van der Waals surface area contributed by atoms with E-state index in [1.54, 1.807) is 0 Å². The zero-order chi connectivity index (χ0) is 20.5. The van der Waals surface area contributed by atoms with Crippen molar-refractivity contribution in [3.8, 4) is 0 Å². The molecule has 152 valence electrons. The second-order valence-electron chi connectivity index (χ2n) is 8.29. The Morgan fingerprint density at radius 1 is 1.04 bits per heavy atom. The molecule has 1 saturated heterocycles. The second kappa shape index (κ2) is 8.31. The number of rotatable bonds is 6. The molecular weight excluding hydrogens is 362 g/mol. The van der Waals surface area contributed by atoms with Crippen molar-refractivity contribution in [3.05, 3.63) is 28.8 Å². The van der Waals surface area contributed by atoms with Crippen molar-refractivity contribution in [3.63, 3.8) is 0 Å². The zero-order valence-corrected chi connectivity index (χ0v) is 18.4. The fourth-order valence-corrected chi connectivity index (χ4v) is 6.02. The van der Waals surface area contributed by atoms with Gasteiger partial charge >= 0.3 is 5.97 Å². The number of methoxy groups -OCH3 is 1. The Balaban J connectivity index is 2.73. The third-order valence-electron chi connectivity index (χ3n) is 5.32. The Morgan fingerprint density at radius 2 is 1.56 bits per heavy atom. The minimum absolute atomic E-state index is 0.0603. The van der Waals surface area contributed by atoms with Crippen LogP contribution in [0.3, 0.4) is 0 Å². The first-order valence-electron chi connectivity index (χ1n) is 9.79. The van der Waals surface area contributed by atoms with Crippen LogP contribution in [0.1, 0.15) is 88.8 Å². The zero-order valence-electron chi connectivity index (χ0n) is 17.6. The van der Waals surface area contributed by atoms with Crippen molar-refractivity contribution in [2.75, 3.05) is 13.7 Å². The first-order valence-corrected chi connectivity index (χ1v) is 11.2. The summed E-state index contributed by atoms with van der Waals surface area (Å²) in [7, 11) is -2.50. The maximum Gasteiger partial charge on any atom is 0.324 e. The number of hydrogen-bond acceptors (Lipinski definition) is 4. The molecule has 1 heterocycles. The first-order chi connectivity index (χ1) is 12.5. The van der Waals surface area contributed by atoms with Crippen LogP contribution in [0.15, 0.2) is 17.0 Å². The lowest BCUT2D eigenvalue weighted by Gasteiger charge is -2.28. The van der Waals surface area contributed by atoms with E-state index < -0.39 is 22.0 Å². The van der Waals surface area contributed by atoms with Crippen molar-refractivity contribution in [1.29, 1.82) is 0 Å². The Labute approximate surface area is 164 Å². The van der Waals surface area contributed by atoms with Gasteiger partial charge in [0.05, 0.1) is 12.0 Å². The van der Waals surface area contributed by atoms with Gasteiger partial charge in [-0.1, -0.05) is 53.7 Å². The van der Waals surface area contributed by atoms with Gasteiger partial charge < -0.3 is 4.74 Å². The van der Waals surface area contributed by atoms with E-state index >= 15 is 0 Å². The van der Waals surface area contributed by atoms with Crippen molar-refractivity contribution >= 4 is 16.0 Å². The van der Waals surface area contributed by atoms with E-state index in [4.69, 9.17) is 4.74 Å². The van der Waals surface area contributed by atoms with Crippen LogP contribution < -0.4 is 0 Å². The average molecular weight is 396 g/mol. The minimum atomic E-state index is -3.80. The van der Waals surface area contributed by atoms with Crippen LogP contribution in [-0.2, 0) is 19.6 Å². The summed E-state index contributed by atoms with van der Waals surface area (Å²) >= 11 is 0. The Hall–Kier alpha value is -1.40. The lowest BCUT2D eigenvalue weighted by Crippen LogP contribution is -2.41. The molecule has 27 heavy (non-hydrogen) atoms. The molecule has 1 aromatic carbocycles. The van der Waals surface area contributed by atoms with Crippen molar-refractivity contribution in [2.45, 2.75) is 83.1 Å². The monoisotopic (exact) mass is 395 g/mol. The molecule has 6 heteroatoms. The summed E-state index contributed by atoms with van der Waals surface area (Å²) in [5.74, 6) is -0.0475. The van der Waals surface area contributed by atoms with Gasteiger partial charge in [-0.3, -0.25) is 4.79 Å². The lowest BCUT2D eigenvalue weighted by atomic mass is 9.89. The fraction of sp³-hybridized carbons (Fsp3) is 0.667. The van der Waals surface area contributed by atoms with E-state index in [2.05, 4.69) is 13.8 Å². The highest BCUT2D eigenvalue weighted by Crippen LogP contribution is 2.38. The molecule has 1 aromatic rings. The van der Waals surface area contributed by atoms with Crippen molar-refractivity contribution < 1.29 is 17.9 Å². The van der Waals surface area contributed by atoms with Gasteiger partial charge in [-0.15, -0.1) is 0 Å². The minimum Gasteiger partial charge on any atom is -0.468 e. The summed E-state index contributed by atoms with van der Waals surface area (Å²) in [5, 5.41) is 0. The van der Waals surface area contributed by atoms with E-state index in [-0.39, 0.29) is 11.8 Å². The molecule has 2 rings (SSSR count).